The zero-order chi connectivity index (χ0) is 29.1. The maximum Gasteiger partial charge on any atom is 0.317 e. The van der Waals surface area contributed by atoms with Crippen molar-refractivity contribution in [3.8, 4) is 0 Å². The van der Waals surface area contributed by atoms with Gasteiger partial charge in [-0.15, -0.1) is 0 Å². The minimum absolute atomic E-state index is 0.0636. The number of nitrogens with zero attached hydrogens (tertiary/aromatic N) is 2. The van der Waals surface area contributed by atoms with E-state index in [-0.39, 0.29) is 37.5 Å². The Morgan fingerprint density at radius 1 is 1.00 bits per heavy atom. The molecule has 0 saturated heterocycles. The van der Waals surface area contributed by atoms with Crippen LogP contribution in [0.2, 0.25) is 0 Å². The first-order valence-corrected chi connectivity index (χ1v) is 13.6. The van der Waals surface area contributed by atoms with Crippen LogP contribution in [0.1, 0.15) is 67.4 Å². The summed E-state index contributed by atoms with van der Waals surface area (Å²) in [6.07, 6.45) is 0.147. The van der Waals surface area contributed by atoms with E-state index in [2.05, 4.69) is 29.8 Å². The van der Waals surface area contributed by atoms with Crippen LogP contribution in [0.25, 0.3) is 0 Å². The normalized spacial score (nSPS) is 13.6. The number of urea groups is 1. The summed E-state index contributed by atoms with van der Waals surface area (Å²) in [4.78, 5) is 42.1. The molecule has 0 aliphatic carbocycles. The quantitative estimate of drug-likeness (QED) is 0.311. The average molecular weight is 534 g/mol. The molecule has 4 amide bonds. The SMILES string of the molecule is CNCC(=O)N(CC(=O)N[C@@H](Cc1ccccc1)[C@H](O)CN(CCC(C)C)C(=O)NC(C)(C)C)C(C)(C)C. The number of carbonyl (C=O) groups excluding carboxylic acids is 3. The predicted octanol–water partition coefficient (Wildman–Crippen LogP) is 2.78. The lowest BCUT2D eigenvalue weighted by atomic mass is 10.00. The van der Waals surface area contributed by atoms with Gasteiger partial charge in [-0.1, -0.05) is 44.2 Å². The molecule has 0 aliphatic heterocycles. The molecule has 0 saturated carbocycles. The highest BCUT2D eigenvalue weighted by Gasteiger charge is 2.31. The highest BCUT2D eigenvalue weighted by Crippen LogP contribution is 2.15. The van der Waals surface area contributed by atoms with E-state index in [1.54, 1.807) is 11.9 Å². The van der Waals surface area contributed by atoms with Crippen LogP contribution in [-0.4, -0.2) is 89.2 Å². The van der Waals surface area contributed by atoms with Crippen LogP contribution in [0.15, 0.2) is 30.3 Å². The summed E-state index contributed by atoms with van der Waals surface area (Å²) in [6.45, 7) is 16.1. The summed E-state index contributed by atoms with van der Waals surface area (Å²) in [5.41, 5.74) is -0.0347. The van der Waals surface area contributed by atoms with Crippen molar-refractivity contribution in [3.63, 3.8) is 0 Å². The second-order valence-corrected chi connectivity index (χ2v) is 12.4. The summed E-state index contributed by atoms with van der Waals surface area (Å²) in [7, 11) is 1.69. The molecule has 0 bridgehead atoms. The third-order valence-electron chi connectivity index (χ3n) is 6.00. The van der Waals surface area contributed by atoms with Gasteiger partial charge in [-0.3, -0.25) is 9.59 Å². The molecule has 1 aromatic rings. The number of likely N-dealkylation sites (N-methyl/N-ethyl adjacent to an activating group) is 1. The Kier molecular flexibility index (Phi) is 13.2. The van der Waals surface area contributed by atoms with Gasteiger partial charge >= 0.3 is 6.03 Å². The maximum atomic E-state index is 13.2. The molecule has 216 valence electrons. The van der Waals surface area contributed by atoms with Crippen LogP contribution in [0.4, 0.5) is 4.79 Å². The van der Waals surface area contributed by atoms with Gasteiger partial charge in [0.05, 0.1) is 25.2 Å². The highest BCUT2D eigenvalue weighted by atomic mass is 16.3. The van der Waals surface area contributed by atoms with Crippen molar-refractivity contribution in [1.29, 1.82) is 0 Å². The van der Waals surface area contributed by atoms with Gasteiger partial charge in [0.2, 0.25) is 11.8 Å². The summed E-state index contributed by atoms with van der Waals surface area (Å²) in [5, 5.41) is 20.2. The fourth-order valence-corrected chi connectivity index (χ4v) is 3.94. The molecule has 4 N–H and O–H groups in total. The second kappa shape index (κ2) is 15.1. The Bertz CT molecular complexity index is 877. The van der Waals surface area contributed by atoms with E-state index in [0.717, 1.165) is 12.0 Å². The topological polar surface area (TPSA) is 114 Å². The van der Waals surface area contributed by atoms with E-state index in [4.69, 9.17) is 0 Å². The standard InChI is InChI=1S/C29H51N5O4/c1-21(2)15-16-33(27(38)32-28(3,4)5)19-24(35)23(17-22-13-11-10-12-14-22)31-25(36)20-34(29(6,7)8)26(37)18-30-9/h10-14,21,23-24,30,35H,15-20H2,1-9H3,(H,31,36)(H,32,38)/t23-,24+/m0/s1. The van der Waals surface area contributed by atoms with E-state index >= 15 is 0 Å². The van der Waals surface area contributed by atoms with Crippen molar-refractivity contribution in [2.24, 2.45) is 5.92 Å². The number of aliphatic hydroxyl groups excluding tert-OH is 1. The first-order valence-electron chi connectivity index (χ1n) is 13.6. The number of benzene rings is 1. The first kappa shape index (κ1) is 33.4. The molecule has 0 spiro atoms. The summed E-state index contributed by atoms with van der Waals surface area (Å²) in [5.74, 6) is -0.165. The van der Waals surface area contributed by atoms with Crippen molar-refractivity contribution >= 4 is 17.8 Å². The molecular weight excluding hydrogens is 482 g/mol. The third-order valence-corrected chi connectivity index (χ3v) is 6.00. The summed E-state index contributed by atoms with van der Waals surface area (Å²) < 4.78 is 0. The highest BCUT2D eigenvalue weighted by molar-refractivity contribution is 5.86. The number of hydrogen-bond acceptors (Lipinski definition) is 5. The van der Waals surface area contributed by atoms with E-state index in [1.807, 2.05) is 71.9 Å². The van der Waals surface area contributed by atoms with Crippen molar-refractivity contribution in [2.75, 3.05) is 33.2 Å². The van der Waals surface area contributed by atoms with Crippen molar-refractivity contribution in [2.45, 2.75) is 91.5 Å². The van der Waals surface area contributed by atoms with Crippen molar-refractivity contribution in [3.05, 3.63) is 35.9 Å². The molecule has 0 radical (unpaired) electrons. The van der Waals surface area contributed by atoms with Crippen LogP contribution < -0.4 is 16.0 Å². The largest absolute Gasteiger partial charge is 0.389 e. The minimum Gasteiger partial charge on any atom is -0.389 e. The molecule has 0 unspecified atom stereocenters. The fraction of sp³-hybridized carbons (Fsp3) is 0.690. The van der Waals surface area contributed by atoms with Gasteiger partial charge < -0.3 is 30.9 Å². The predicted molar refractivity (Wildman–Crippen MR) is 153 cm³/mol. The van der Waals surface area contributed by atoms with E-state index in [1.165, 1.54) is 4.90 Å². The smallest absolute Gasteiger partial charge is 0.317 e. The lowest BCUT2D eigenvalue weighted by Crippen LogP contribution is -2.57. The third kappa shape index (κ3) is 12.7. The fourth-order valence-electron chi connectivity index (χ4n) is 3.94. The van der Waals surface area contributed by atoms with Gasteiger partial charge in [0.15, 0.2) is 0 Å². The Balaban J connectivity index is 3.15. The van der Waals surface area contributed by atoms with E-state index in [0.29, 0.717) is 18.9 Å². The van der Waals surface area contributed by atoms with Crippen LogP contribution in [-0.2, 0) is 16.0 Å². The number of hydrogen-bond donors (Lipinski definition) is 4. The monoisotopic (exact) mass is 533 g/mol. The van der Waals surface area contributed by atoms with Gasteiger partial charge in [0.1, 0.15) is 6.54 Å². The number of amides is 4. The van der Waals surface area contributed by atoms with Gasteiger partial charge in [0, 0.05) is 17.6 Å². The van der Waals surface area contributed by atoms with Crippen LogP contribution in [0, 0.1) is 5.92 Å². The van der Waals surface area contributed by atoms with Crippen LogP contribution in [0.3, 0.4) is 0 Å². The Hall–Kier alpha value is -2.65. The molecule has 0 aliphatic rings. The maximum absolute atomic E-state index is 13.2. The van der Waals surface area contributed by atoms with Gasteiger partial charge in [-0.05, 0) is 72.9 Å². The molecule has 1 aromatic carbocycles. The number of rotatable bonds is 13. The molecule has 0 fully saturated rings. The molecule has 9 heteroatoms. The molecule has 0 heterocycles. The van der Waals surface area contributed by atoms with Gasteiger partial charge in [-0.2, -0.15) is 0 Å². The molecular formula is C29H51N5O4. The molecule has 38 heavy (non-hydrogen) atoms. The Morgan fingerprint density at radius 2 is 1.61 bits per heavy atom. The minimum atomic E-state index is -1.02. The molecule has 1 rings (SSSR count). The second-order valence-electron chi connectivity index (χ2n) is 12.4. The molecule has 9 nitrogen and oxygen atoms in total. The van der Waals surface area contributed by atoms with E-state index < -0.39 is 23.2 Å². The molecule has 2 atom stereocenters. The molecule has 0 aromatic heterocycles. The van der Waals surface area contributed by atoms with Gasteiger partial charge in [0.25, 0.3) is 0 Å². The van der Waals surface area contributed by atoms with Gasteiger partial charge in [-0.25, -0.2) is 4.79 Å². The Labute approximate surface area is 229 Å². The summed E-state index contributed by atoms with van der Waals surface area (Å²) in [6, 6.07) is 8.69. The number of aliphatic hydroxyl groups is 1. The average Bonchev–Trinajstić information content (AvgIpc) is 2.78. The lowest BCUT2D eigenvalue weighted by Gasteiger charge is -2.36. The zero-order valence-corrected chi connectivity index (χ0v) is 24.9. The van der Waals surface area contributed by atoms with Crippen LogP contribution in [0.5, 0.6) is 0 Å². The van der Waals surface area contributed by atoms with E-state index in [9.17, 15) is 19.5 Å². The first-order chi connectivity index (χ1) is 17.5. The van der Waals surface area contributed by atoms with Crippen molar-refractivity contribution < 1.29 is 19.5 Å². The zero-order valence-electron chi connectivity index (χ0n) is 24.9. The number of carbonyl (C=O) groups is 3. The van der Waals surface area contributed by atoms with Crippen molar-refractivity contribution in [1.82, 2.24) is 25.8 Å². The number of nitrogens with one attached hydrogen (secondary N) is 3. The lowest BCUT2D eigenvalue weighted by molar-refractivity contribution is -0.140. The summed E-state index contributed by atoms with van der Waals surface area (Å²) >= 11 is 0. The Morgan fingerprint density at radius 3 is 2.11 bits per heavy atom. The van der Waals surface area contributed by atoms with Crippen LogP contribution >= 0.6 is 0 Å².